The Morgan fingerprint density at radius 2 is 2.11 bits per heavy atom. The van der Waals surface area contributed by atoms with Gasteiger partial charge in [0.15, 0.2) is 5.69 Å². The molecule has 1 unspecified atom stereocenters. The molecule has 0 bridgehead atoms. The minimum absolute atomic E-state index is 0.0106. The van der Waals surface area contributed by atoms with Gasteiger partial charge < -0.3 is 16.4 Å². The van der Waals surface area contributed by atoms with E-state index in [0.29, 0.717) is 18.8 Å². The monoisotopic (exact) mass is 265 g/mol. The van der Waals surface area contributed by atoms with Gasteiger partial charge in [0, 0.05) is 19.0 Å². The number of carbonyl (C=O) groups is 2. The zero-order chi connectivity index (χ0) is 14.3. The van der Waals surface area contributed by atoms with E-state index in [0.717, 1.165) is 6.42 Å². The number of anilines is 1. The molecule has 7 heteroatoms. The highest BCUT2D eigenvalue weighted by Crippen LogP contribution is 2.01. The van der Waals surface area contributed by atoms with E-state index in [-0.39, 0.29) is 17.6 Å². The maximum atomic E-state index is 11.5. The maximum Gasteiger partial charge on any atom is 0.269 e. The number of carbonyl (C=O) groups excluding carboxylic acids is 2. The van der Waals surface area contributed by atoms with E-state index in [4.69, 9.17) is 5.73 Å². The van der Waals surface area contributed by atoms with Crippen molar-refractivity contribution in [3.8, 4) is 0 Å². The van der Waals surface area contributed by atoms with Gasteiger partial charge in [-0.25, -0.2) is 0 Å². The summed E-state index contributed by atoms with van der Waals surface area (Å²) in [7, 11) is 0. The fourth-order valence-corrected chi connectivity index (χ4v) is 1.31. The average Bonchev–Trinajstić information content (AvgIpc) is 2.39. The van der Waals surface area contributed by atoms with Crippen LogP contribution in [0.25, 0.3) is 0 Å². The molecule has 1 heterocycles. The van der Waals surface area contributed by atoms with Crippen LogP contribution in [-0.4, -0.2) is 34.6 Å². The van der Waals surface area contributed by atoms with Crippen LogP contribution in [0.3, 0.4) is 0 Å². The summed E-state index contributed by atoms with van der Waals surface area (Å²) in [5, 5.41) is 13.2. The fraction of sp³-hybridized carbons (Fsp3) is 0.500. The average molecular weight is 265 g/mol. The molecule has 104 valence electrons. The Labute approximate surface area is 112 Å². The van der Waals surface area contributed by atoms with Crippen molar-refractivity contribution in [2.45, 2.75) is 32.7 Å². The Hall–Kier alpha value is -2.18. The summed E-state index contributed by atoms with van der Waals surface area (Å²) in [6, 6.07) is 3.26. The van der Waals surface area contributed by atoms with Gasteiger partial charge in [0.2, 0.25) is 5.91 Å². The molecule has 1 aromatic rings. The number of aromatic nitrogens is 2. The van der Waals surface area contributed by atoms with Crippen LogP contribution in [0.4, 0.5) is 5.82 Å². The molecule has 0 saturated carbocycles. The van der Waals surface area contributed by atoms with Crippen molar-refractivity contribution < 1.29 is 9.59 Å². The summed E-state index contributed by atoms with van der Waals surface area (Å²) >= 11 is 0. The summed E-state index contributed by atoms with van der Waals surface area (Å²) < 4.78 is 0. The quantitative estimate of drug-likeness (QED) is 0.656. The summed E-state index contributed by atoms with van der Waals surface area (Å²) in [4.78, 5) is 22.3. The van der Waals surface area contributed by atoms with Crippen LogP contribution in [0.5, 0.6) is 0 Å². The minimum atomic E-state index is -0.619. The number of amides is 2. The van der Waals surface area contributed by atoms with Gasteiger partial charge in [0.25, 0.3) is 5.91 Å². The lowest BCUT2D eigenvalue weighted by Crippen LogP contribution is -2.33. The second-order valence-corrected chi connectivity index (χ2v) is 4.22. The van der Waals surface area contributed by atoms with Crippen LogP contribution in [0.2, 0.25) is 0 Å². The third-order valence-electron chi connectivity index (χ3n) is 2.59. The summed E-state index contributed by atoms with van der Waals surface area (Å²) in [6.45, 7) is 4.42. The third kappa shape index (κ3) is 5.33. The molecule has 7 nitrogen and oxygen atoms in total. The van der Waals surface area contributed by atoms with Crippen molar-refractivity contribution in [1.82, 2.24) is 15.5 Å². The molecule has 0 saturated heterocycles. The highest BCUT2D eigenvalue weighted by Gasteiger charge is 2.06. The van der Waals surface area contributed by atoms with Gasteiger partial charge in [0.1, 0.15) is 5.82 Å². The Kier molecular flexibility index (Phi) is 5.72. The predicted molar refractivity (Wildman–Crippen MR) is 71.6 cm³/mol. The molecule has 0 aromatic carbocycles. The van der Waals surface area contributed by atoms with Crippen molar-refractivity contribution in [3.63, 3.8) is 0 Å². The Morgan fingerprint density at radius 1 is 1.37 bits per heavy atom. The van der Waals surface area contributed by atoms with E-state index < -0.39 is 5.91 Å². The summed E-state index contributed by atoms with van der Waals surface area (Å²) in [5.41, 5.74) is 5.16. The molecule has 0 spiro atoms. The van der Waals surface area contributed by atoms with Gasteiger partial charge in [-0.1, -0.05) is 6.92 Å². The molecule has 0 radical (unpaired) electrons. The van der Waals surface area contributed by atoms with Gasteiger partial charge in [-0.05, 0) is 25.5 Å². The second-order valence-electron chi connectivity index (χ2n) is 4.22. The van der Waals surface area contributed by atoms with E-state index >= 15 is 0 Å². The van der Waals surface area contributed by atoms with Gasteiger partial charge in [0.05, 0.1) is 0 Å². The molecule has 0 fully saturated rings. The predicted octanol–water partition coefficient (Wildman–Crippen LogP) is 0.292. The first-order valence-electron chi connectivity index (χ1n) is 6.19. The summed E-state index contributed by atoms with van der Waals surface area (Å²) in [6.07, 6.45) is 1.25. The standard InChI is InChI=1S/C12H19N5O2/c1-3-8(2)15-11(18)6-7-14-10-5-4-9(12(13)19)16-17-10/h4-5,8H,3,6-7H2,1-2H3,(H2,13,19)(H,14,17)(H,15,18). The number of nitrogens with one attached hydrogen (secondary N) is 2. The van der Waals surface area contributed by atoms with Crippen LogP contribution < -0.4 is 16.4 Å². The molecule has 1 aromatic heterocycles. The van der Waals surface area contributed by atoms with Gasteiger partial charge in [-0.15, -0.1) is 10.2 Å². The fourth-order valence-electron chi connectivity index (χ4n) is 1.31. The molecule has 0 aliphatic rings. The smallest absolute Gasteiger partial charge is 0.269 e. The van der Waals surface area contributed by atoms with Crippen LogP contribution in [0.1, 0.15) is 37.2 Å². The first kappa shape index (κ1) is 14.9. The molecular weight excluding hydrogens is 246 g/mol. The minimum Gasteiger partial charge on any atom is -0.368 e. The molecule has 0 aliphatic carbocycles. The SMILES string of the molecule is CCC(C)NC(=O)CCNc1ccc(C(N)=O)nn1. The number of rotatable bonds is 7. The highest BCUT2D eigenvalue weighted by atomic mass is 16.2. The van der Waals surface area contributed by atoms with Crippen molar-refractivity contribution in [3.05, 3.63) is 17.8 Å². The number of hydrogen-bond donors (Lipinski definition) is 3. The van der Waals surface area contributed by atoms with E-state index in [2.05, 4.69) is 20.8 Å². The zero-order valence-electron chi connectivity index (χ0n) is 11.1. The van der Waals surface area contributed by atoms with Crippen LogP contribution in [-0.2, 0) is 4.79 Å². The van der Waals surface area contributed by atoms with Crippen LogP contribution >= 0.6 is 0 Å². The van der Waals surface area contributed by atoms with Crippen LogP contribution in [0.15, 0.2) is 12.1 Å². The largest absolute Gasteiger partial charge is 0.368 e. The van der Waals surface area contributed by atoms with Crippen molar-refractivity contribution >= 4 is 17.6 Å². The van der Waals surface area contributed by atoms with Crippen LogP contribution in [0, 0.1) is 0 Å². The number of nitrogens with zero attached hydrogens (tertiary/aromatic N) is 2. The molecule has 4 N–H and O–H groups in total. The molecular formula is C12H19N5O2. The zero-order valence-corrected chi connectivity index (χ0v) is 11.1. The molecule has 1 atom stereocenters. The Balaban J connectivity index is 2.33. The molecule has 0 aliphatic heterocycles. The van der Waals surface area contributed by atoms with E-state index in [1.54, 1.807) is 6.07 Å². The lowest BCUT2D eigenvalue weighted by molar-refractivity contribution is -0.121. The number of hydrogen-bond acceptors (Lipinski definition) is 5. The number of nitrogens with two attached hydrogens (primary N) is 1. The van der Waals surface area contributed by atoms with Gasteiger partial charge in [-0.2, -0.15) is 0 Å². The van der Waals surface area contributed by atoms with Gasteiger partial charge in [-0.3, -0.25) is 9.59 Å². The Morgan fingerprint density at radius 3 is 2.63 bits per heavy atom. The Bertz CT molecular complexity index is 432. The lowest BCUT2D eigenvalue weighted by Gasteiger charge is -2.11. The van der Waals surface area contributed by atoms with Crippen molar-refractivity contribution in [1.29, 1.82) is 0 Å². The summed E-state index contributed by atoms with van der Waals surface area (Å²) in [5.74, 6) is -0.128. The first-order valence-corrected chi connectivity index (χ1v) is 6.19. The van der Waals surface area contributed by atoms with E-state index in [9.17, 15) is 9.59 Å². The lowest BCUT2D eigenvalue weighted by atomic mass is 10.2. The van der Waals surface area contributed by atoms with Gasteiger partial charge >= 0.3 is 0 Å². The molecule has 2 amide bonds. The molecule has 1 rings (SSSR count). The van der Waals surface area contributed by atoms with E-state index in [1.807, 2.05) is 13.8 Å². The maximum absolute atomic E-state index is 11.5. The topological polar surface area (TPSA) is 110 Å². The van der Waals surface area contributed by atoms with Crippen molar-refractivity contribution in [2.24, 2.45) is 5.73 Å². The highest BCUT2D eigenvalue weighted by molar-refractivity contribution is 5.90. The molecule has 19 heavy (non-hydrogen) atoms. The van der Waals surface area contributed by atoms with E-state index in [1.165, 1.54) is 6.07 Å². The van der Waals surface area contributed by atoms with Crippen molar-refractivity contribution in [2.75, 3.05) is 11.9 Å². The second kappa shape index (κ2) is 7.30. The third-order valence-corrected chi connectivity index (χ3v) is 2.59. The number of primary amides is 1. The normalized spacial score (nSPS) is 11.7. The first-order chi connectivity index (χ1) is 9.02.